The maximum absolute atomic E-state index is 12.9. The van der Waals surface area contributed by atoms with Crippen LogP contribution in [0.25, 0.3) is 0 Å². The van der Waals surface area contributed by atoms with Crippen LogP contribution in [-0.4, -0.2) is 29.0 Å². The molecule has 0 radical (unpaired) electrons. The predicted octanol–water partition coefficient (Wildman–Crippen LogP) is 3.27. The fourth-order valence-corrected chi connectivity index (χ4v) is 2.36. The Hall–Kier alpha value is -3.81. The number of amides is 1. The number of benzene rings is 2. The van der Waals surface area contributed by atoms with Crippen molar-refractivity contribution in [3.8, 4) is 0 Å². The van der Waals surface area contributed by atoms with Crippen molar-refractivity contribution in [2.75, 3.05) is 17.7 Å². The molecule has 8 heteroatoms. The second kappa shape index (κ2) is 8.72. The number of hydrogen-bond donors (Lipinski definition) is 2. The summed E-state index contributed by atoms with van der Waals surface area (Å²) in [5.74, 6) is -0.857. The molecule has 0 aliphatic carbocycles. The minimum absolute atomic E-state index is 0.260. The van der Waals surface area contributed by atoms with Crippen molar-refractivity contribution in [1.82, 2.24) is 9.97 Å². The fraction of sp³-hybridized carbons (Fsp3) is 0.100. The number of rotatable bonds is 6. The number of aromatic nitrogens is 2. The van der Waals surface area contributed by atoms with Crippen LogP contribution in [0.3, 0.4) is 0 Å². The van der Waals surface area contributed by atoms with Crippen molar-refractivity contribution in [3.63, 3.8) is 0 Å². The van der Waals surface area contributed by atoms with E-state index in [-0.39, 0.29) is 11.4 Å². The number of nitrogens with zero attached hydrogens (tertiary/aromatic N) is 2. The SMILES string of the molecule is COC(=O)c1cccc(NC(=O)c2cnc(NCc3ccc(F)cc3)nc2)c1. The van der Waals surface area contributed by atoms with Gasteiger partial charge >= 0.3 is 5.97 Å². The molecular formula is C20H17FN4O3. The highest BCUT2D eigenvalue weighted by Crippen LogP contribution is 2.13. The molecule has 0 aliphatic rings. The van der Waals surface area contributed by atoms with Gasteiger partial charge in [0.25, 0.3) is 5.91 Å². The monoisotopic (exact) mass is 380 g/mol. The number of methoxy groups -OCH3 is 1. The summed E-state index contributed by atoms with van der Waals surface area (Å²) in [7, 11) is 1.29. The quantitative estimate of drug-likeness (QED) is 0.638. The predicted molar refractivity (Wildman–Crippen MR) is 101 cm³/mol. The van der Waals surface area contributed by atoms with Gasteiger partial charge in [0.05, 0.1) is 18.2 Å². The summed E-state index contributed by atoms with van der Waals surface area (Å²) in [4.78, 5) is 32.1. The molecule has 0 atom stereocenters. The Morgan fingerprint density at radius 1 is 1.04 bits per heavy atom. The molecule has 0 spiro atoms. The Balaban J connectivity index is 1.60. The first-order valence-corrected chi connectivity index (χ1v) is 8.35. The molecule has 1 aromatic heterocycles. The van der Waals surface area contributed by atoms with E-state index in [1.807, 2.05) is 0 Å². The zero-order valence-electron chi connectivity index (χ0n) is 15.0. The largest absolute Gasteiger partial charge is 0.465 e. The van der Waals surface area contributed by atoms with Crippen LogP contribution in [0.1, 0.15) is 26.3 Å². The van der Waals surface area contributed by atoms with Gasteiger partial charge < -0.3 is 15.4 Å². The summed E-state index contributed by atoms with van der Waals surface area (Å²) in [6.07, 6.45) is 2.78. The molecule has 0 unspecified atom stereocenters. The first kappa shape index (κ1) is 19.0. The lowest BCUT2D eigenvalue weighted by Crippen LogP contribution is -2.14. The topological polar surface area (TPSA) is 93.2 Å². The van der Waals surface area contributed by atoms with Gasteiger partial charge in [-0.2, -0.15) is 0 Å². The smallest absolute Gasteiger partial charge is 0.337 e. The Labute approximate surface area is 160 Å². The molecular weight excluding hydrogens is 363 g/mol. The van der Waals surface area contributed by atoms with Crippen LogP contribution < -0.4 is 10.6 Å². The Kier molecular flexibility index (Phi) is 5.91. The normalized spacial score (nSPS) is 10.2. The molecule has 142 valence electrons. The van der Waals surface area contributed by atoms with Crippen molar-refractivity contribution in [2.24, 2.45) is 0 Å². The third kappa shape index (κ3) is 4.88. The lowest BCUT2D eigenvalue weighted by atomic mass is 10.2. The Morgan fingerprint density at radius 3 is 2.43 bits per heavy atom. The maximum Gasteiger partial charge on any atom is 0.337 e. The summed E-state index contributed by atoms with van der Waals surface area (Å²) in [6.45, 7) is 0.423. The van der Waals surface area contributed by atoms with E-state index < -0.39 is 11.9 Å². The molecule has 0 saturated carbocycles. The van der Waals surface area contributed by atoms with Gasteiger partial charge in [-0.05, 0) is 35.9 Å². The standard InChI is InChI=1S/C20H17FN4O3/c1-28-19(27)14-3-2-4-17(9-14)25-18(26)15-11-23-20(24-12-15)22-10-13-5-7-16(21)8-6-13/h2-9,11-12H,10H2,1H3,(H,25,26)(H,22,23,24). The van der Waals surface area contributed by atoms with Gasteiger partial charge in [-0.15, -0.1) is 0 Å². The van der Waals surface area contributed by atoms with Crippen molar-refractivity contribution in [3.05, 3.63) is 83.4 Å². The fourth-order valence-electron chi connectivity index (χ4n) is 2.36. The zero-order chi connectivity index (χ0) is 19.9. The van der Waals surface area contributed by atoms with E-state index >= 15 is 0 Å². The zero-order valence-corrected chi connectivity index (χ0v) is 15.0. The molecule has 2 N–H and O–H groups in total. The van der Waals surface area contributed by atoms with Crippen LogP contribution in [0.4, 0.5) is 16.0 Å². The van der Waals surface area contributed by atoms with E-state index in [1.54, 1.807) is 30.3 Å². The molecule has 0 saturated heterocycles. The van der Waals surface area contributed by atoms with Crippen LogP contribution >= 0.6 is 0 Å². The van der Waals surface area contributed by atoms with Crippen LogP contribution in [0, 0.1) is 5.82 Å². The molecule has 1 heterocycles. The lowest BCUT2D eigenvalue weighted by molar-refractivity contribution is 0.0600. The highest BCUT2D eigenvalue weighted by atomic mass is 19.1. The molecule has 2 aromatic carbocycles. The van der Waals surface area contributed by atoms with Crippen molar-refractivity contribution >= 4 is 23.5 Å². The van der Waals surface area contributed by atoms with Crippen molar-refractivity contribution in [2.45, 2.75) is 6.54 Å². The van der Waals surface area contributed by atoms with Crippen LogP contribution in [0.15, 0.2) is 60.9 Å². The van der Waals surface area contributed by atoms with Crippen LogP contribution in [0.2, 0.25) is 0 Å². The molecule has 0 bridgehead atoms. The first-order valence-electron chi connectivity index (χ1n) is 8.35. The van der Waals surface area contributed by atoms with Gasteiger partial charge in [0, 0.05) is 24.6 Å². The van der Waals surface area contributed by atoms with E-state index in [0.29, 0.717) is 23.7 Å². The van der Waals surface area contributed by atoms with E-state index in [4.69, 9.17) is 0 Å². The number of carbonyl (C=O) groups is 2. The Bertz CT molecular complexity index is 976. The summed E-state index contributed by atoms with van der Waals surface area (Å²) in [5.41, 5.74) is 1.91. The second-order valence-electron chi connectivity index (χ2n) is 5.80. The van der Waals surface area contributed by atoms with Crippen molar-refractivity contribution in [1.29, 1.82) is 0 Å². The molecule has 3 aromatic rings. The molecule has 28 heavy (non-hydrogen) atoms. The molecule has 0 aliphatic heterocycles. The minimum Gasteiger partial charge on any atom is -0.465 e. The third-order valence-electron chi connectivity index (χ3n) is 3.82. The third-order valence-corrected chi connectivity index (χ3v) is 3.82. The number of anilines is 2. The second-order valence-corrected chi connectivity index (χ2v) is 5.80. The Morgan fingerprint density at radius 2 is 1.75 bits per heavy atom. The van der Waals surface area contributed by atoms with Gasteiger partial charge in [0.1, 0.15) is 5.82 Å². The number of halogens is 1. The molecule has 0 fully saturated rings. The maximum atomic E-state index is 12.9. The van der Waals surface area contributed by atoms with Gasteiger partial charge in [-0.1, -0.05) is 18.2 Å². The highest BCUT2D eigenvalue weighted by molar-refractivity contribution is 6.04. The average Bonchev–Trinajstić information content (AvgIpc) is 2.73. The lowest BCUT2D eigenvalue weighted by Gasteiger charge is -2.08. The van der Waals surface area contributed by atoms with Crippen molar-refractivity contribution < 1.29 is 18.7 Å². The number of esters is 1. The number of carbonyl (C=O) groups excluding carboxylic acids is 2. The summed E-state index contributed by atoms with van der Waals surface area (Å²) in [6, 6.07) is 12.5. The molecule has 3 rings (SSSR count). The number of nitrogens with one attached hydrogen (secondary N) is 2. The van der Waals surface area contributed by atoms with E-state index in [2.05, 4.69) is 25.3 Å². The van der Waals surface area contributed by atoms with Gasteiger partial charge in [0.15, 0.2) is 0 Å². The minimum atomic E-state index is -0.490. The van der Waals surface area contributed by atoms with Gasteiger partial charge in [-0.25, -0.2) is 19.2 Å². The van der Waals surface area contributed by atoms with Gasteiger partial charge in [0.2, 0.25) is 5.95 Å². The van der Waals surface area contributed by atoms with E-state index in [9.17, 15) is 14.0 Å². The van der Waals surface area contributed by atoms with Crippen LogP contribution in [0.5, 0.6) is 0 Å². The summed E-state index contributed by atoms with van der Waals surface area (Å²) in [5, 5.41) is 5.67. The highest BCUT2D eigenvalue weighted by Gasteiger charge is 2.10. The number of ether oxygens (including phenoxy) is 1. The van der Waals surface area contributed by atoms with E-state index in [0.717, 1.165) is 5.56 Å². The molecule has 7 nitrogen and oxygen atoms in total. The number of hydrogen-bond acceptors (Lipinski definition) is 6. The summed E-state index contributed by atoms with van der Waals surface area (Å²) < 4.78 is 17.6. The van der Waals surface area contributed by atoms with E-state index in [1.165, 1.54) is 37.7 Å². The molecule has 1 amide bonds. The van der Waals surface area contributed by atoms with Gasteiger partial charge in [-0.3, -0.25) is 4.79 Å². The summed E-state index contributed by atoms with van der Waals surface area (Å²) >= 11 is 0. The van der Waals surface area contributed by atoms with Crippen LogP contribution in [-0.2, 0) is 11.3 Å². The first-order chi connectivity index (χ1) is 13.5. The average molecular weight is 380 g/mol.